The minimum atomic E-state index is 0.505. The van der Waals surface area contributed by atoms with Gasteiger partial charge in [0.2, 0.25) is 0 Å². The molecule has 90 valence electrons. The lowest BCUT2D eigenvalue weighted by Crippen LogP contribution is -2.28. The van der Waals surface area contributed by atoms with Crippen molar-refractivity contribution in [2.45, 2.75) is 25.8 Å². The third-order valence-electron chi connectivity index (χ3n) is 3.09. The fourth-order valence-corrected chi connectivity index (χ4v) is 3.08. The zero-order valence-corrected chi connectivity index (χ0v) is 10.7. The molecule has 4 heteroatoms. The number of benzene rings is 1. The minimum absolute atomic E-state index is 0.505. The lowest BCUT2D eigenvalue weighted by Gasteiger charge is -2.12. The summed E-state index contributed by atoms with van der Waals surface area (Å²) in [5, 5.41) is 4.53. The molecule has 2 aromatic rings. The van der Waals surface area contributed by atoms with E-state index in [1.807, 2.05) is 19.1 Å². The number of nitrogens with zero attached hydrogens (tertiary/aromatic N) is 1. The maximum absolute atomic E-state index is 5.90. The van der Waals surface area contributed by atoms with Crippen LogP contribution in [0.3, 0.4) is 0 Å². The molecule has 1 aromatic heterocycles. The fraction of sp³-hybridized carbons (Fsp3) is 0.462. The molecule has 3 rings (SSSR count). The molecule has 0 bridgehead atoms. The van der Waals surface area contributed by atoms with E-state index in [4.69, 9.17) is 4.74 Å². The van der Waals surface area contributed by atoms with Crippen LogP contribution in [0.1, 0.15) is 17.8 Å². The summed E-state index contributed by atoms with van der Waals surface area (Å²) in [6, 6.07) is 6.65. The molecule has 1 N–H and O–H groups in total. The van der Waals surface area contributed by atoms with E-state index in [1.165, 1.54) is 17.5 Å². The van der Waals surface area contributed by atoms with Crippen LogP contribution in [0.15, 0.2) is 18.2 Å². The summed E-state index contributed by atoms with van der Waals surface area (Å²) in [6.45, 7) is 3.90. The van der Waals surface area contributed by atoms with Crippen molar-refractivity contribution in [3.8, 4) is 5.75 Å². The van der Waals surface area contributed by atoms with E-state index in [0.29, 0.717) is 6.04 Å². The predicted octanol–water partition coefficient (Wildman–Crippen LogP) is 2.74. The van der Waals surface area contributed by atoms with Crippen LogP contribution in [0.25, 0.3) is 10.2 Å². The van der Waals surface area contributed by atoms with Gasteiger partial charge in [-0.25, -0.2) is 4.98 Å². The molecule has 1 aliphatic heterocycles. The quantitative estimate of drug-likeness (QED) is 0.907. The highest BCUT2D eigenvalue weighted by molar-refractivity contribution is 7.18. The number of thiazole rings is 1. The summed E-state index contributed by atoms with van der Waals surface area (Å²) in [4.78, 5) is 4.53. The summed E-state index contributed by atoms with van der Waals surface area (Å²) >= 11 is 1.72. The van der Waals surface area contributed by atoms with Gasteiger partial charge in [-0.05, 0) is 38.4 Å². The van der Waals surface area contributed by atoms with Gasteiger partial charge in [-0.1, -0.05) is 6.07 Å². The van der Waals surface area contributed by atoms with Crippen LogP contribution in [0.5, 0.6) is 5.75 Å². The van der Waals surface area contributed by atoms with Crippen molar-refractivity contribution in [3.63, 3.8) is 0 Å². The molecule has 0 spiro atoms. The van der Waals surface area contributed by atoms with Gasteiger partial charge in [0.15, 0.2) is 0 Å². The second-order valence-corrected chi connectivity index (χ2v) is 5.67. The molecule has 17 heavy (non-hydrogen) atoms. The van der Waals surface area contributed by atoms with Gasteiger partial charge in [-0.15, -0.1) is 11.3 Å². The predicted molar refractivity (Wildman–Crippen MR) is 70.9 cm³/mol. The summed E-state index contributed by atoms with van der Waals surface area (Å²) < 4.78 is 7.11. The maximum Gasteiger partial charge on any atom is 0.146 e. The van der Waals surface area contributed by atoms with E-state index < -0.39 is 0 Å². The van der Waals surface area contributed by atoms with Crippen molar-refractivity contribution >= 4 is 21.6 Å². The number of rotatable bonds is 3. The normalized spacial score (nSPS) is 19.9. The average molecular weight is 248 g/mol. The summed E-state index contributed by atoms with van der Waals surface area (Å²) in [6.07, 6.45) is 2.47. The van der Waals surface area contributed by atoms with Gasteiger partial charge in [0.1, 0.15) is 17.9 Å². The molecular weight excluding hydrogens is 232 g/mol. The Morgan fingerprint density at radius 3 is 3.29 bits per heavy atom. The second kappa shape index (κ2) is 4.63. The molecule has 2 heterocycles. The first-order chi connectivity index (χ1) is 8.33. The highest BCUT2D eigenvalue weighted by atomic mass is 32.1. The van der Waals surface area contributed by atoms with Crippen LogP contribution in [0, 0.1) is 6.92 Å². The van der Waals surface area contributed by atoms with Crippen molar-refractivity contribution < 1.29 is 4.74 Å². The zero-order valence-electron chi connectivity index (χ0n) is 9.90. The van der Waals surface area contributed by atoms with Crippen LogP contribution < -0.4 is 10.1 Å². The molecule has 3 nitrogen and oxygen atoms in total. The van der Waals surface area contributed by atoms with Crippen molar-refractivity contribution in [1.29, 1.82) is 0 Å². The second-order valence-electron chi connectivity index (χ2n) is 4.44. The highest BCUT2D eigenvalue weighted by Gasteiger charge is 2.15. The first-order valence-electron chi connectivity index (χ1n) is 6.05. The first kappa shape index (κ1) is 11.0. The molecule has 0 amide bonds. The molecule has 1 fully saturated rings. The maximum atomic E-state index is 5.90. The first-order valence-corrected chi connectivity index (χ1v) is 6.87. The molecule has 0 saturated carbocycles. The minimum Gasteiger partial charge on any atom is -0.490 e. The number of hydrogen-bond donors (Lipinski definition) is 1. The number of fused-ring (bicyclic) bond motifs is 1. The number of aromatic nitrogens is 1. The van der Waals surface area contributed by atoms with Crippen LogP contribution in [-0.2, 0) is 0 Å². The van der Waals surface area contributed by atoms with Crippen molar-refractivity contribution in [2.24, 2.45) is 0 Å². The molecular formula is C13H16N2OS. The average Bonchev–Trinajstić information content (AvgIpc) is 2.93. The standard InChI is InChI=1S/C13H16N2OS/c1-9-15-13-11(5-2-6-12(13)17-9)16-8-10-4-3-7-14-10/h2,5-6,10,14H,3-4,7-8H2,1H3. The van der Waals surface area contributed by atoms with Gasteiger partial charge in [-0.3, -0.25) is 0 Å². The number of hydrogen-bond acceptors (Lipinski definition) is 4. The Hall–Kier alpha value is -1.13. The van der Waals surface area contributed by atoms with Crippen LogP contribution >= 0.6 is 11.3 Å². The smallest absolute Gasteiger partial charge is 0.146 e. The van der Waals surface area contributed by atoms with E-state index in [2.05, 4.69) is 16.4 Å². The summed E-state index contributed by atoms with van der Waals surface area (Å²) in [5.41, 5.74) is 1.01. The Bertz CT molecular complexity index is 517. The fourth-order valence-electron chi connectivity index (χ4n) is 2.24. The van der Waals surface area contributed by atoms with Crippen molar-refractivity contribution in [3.05, 3.63) is 23.2 Å². The monoisotopic (exact) mass is 248 g/mol. The summed E-state index contributed by atoms with van der Waals surface area (Å²) in [7, 11) is 0. The SMILES string of the molecule is Cc1nc2c(OCC3CCCN3)cccc2s1. The number of nitrogens with one attached hydrogen (secondary N) is 1. The van der Waals surface area contributed by atoms with Crippen LogP contribution in [-0.4, -0.2) is 24.2 Å². The highest BCUT2D eigenvalue weighted by Crippen LogP contribution is 2.29. The molecule has 0 aliphatic carbocycles. The molecule has 1 aromatic carbocycles. The molecule has 1 saturated heterocycles. The van der Waals surface area contributed by atoms with Gasteiger partial charge in [-0.2, -0.15) is 0 Å². The van der Waals surface area contributed by atoms with E-state index in [-0.39, 0.29) is 0 Å². The molecule has 0 radical (unpaired) electrons. The van der Waals surface area contributed by atoms with Gasteiger partial charge in [0.05, 0.1) is 9.71 Å². The van der Waals surface area contributed by atoms with Gasteiger partial charge in [0.25, 0.3) is 0 Å². The zero-order chi connectivity index (χ0) is 11.7. The number of aryl methyl sites for hydroxylation is 1. The number of para-hydroxylation sites is 1. The Labute approximate surface area is 105 Å². The third kappa shape index (κ3) is 2.28. The van der Waals surface area contributed by atoms with Gasteiger partial charge in [0, 0.05) is 6.04 Å². The van der Waals surface area contributed by atoms with Crippen molar-refractivity contribution in [2.75, 3.05) is 13.2 Å². The van der Waals surface area contributed by atoms with Gasteiger partial charge >= 0.3 is 0 Å². The van der Waals surface area contributed by atoms with Crippen molar-refractivity contribution in [1.82, 2.24) is 10.3 Å². The lowest BCUT2D eigenvalue weighted by molar-refractivity contribution is 0.280. The topological polar surface area (TPSA) is 34.1 Å². The molecule has 1 unspecified atom stereocenters. The molecule has 1 atom stereocenters. The largest absolute Gasteiger partial charge is 0.490 e. The Balaban J connectivity index is 1.79. The molecule has 1 aliphatic rings. The van der Waals surface area contributed by atoms with E-state index in [0.717, 1.165) is 29.4 Å². The summed E-state index contributed by atoms with van der Waals surface area (Å²) in [5.74, 6) is 0.917. The number of ether oxygens (including phenoxy) is 1. The Kier molecular flexibility index (Phi) is 2.99. The van der Waals surface area contributed by atoms with Gasteiger partial charge < -0.3 is 10.1 Å². The third-order valence-corrected chi connectivity index (χ3v) is 4.03. The Morgan fingerprint density at radius 2 is 2.47 bits per heavy atom. The van der Waals surface area contributed by atoms with E-state index >= 15 is 0 Å². The lowest BCUT2D eigenvalue weighted by atomic mass is 10.2. The van der Waals surface area contributed by atoms with Crippen LogP contribution in [0.2, 0.25) is 0 Å². The Morgan fingerprint density at radius 1 is 1.53 bits per heavy atom. The van der Waals surface area contributed by atoms with E-state index in [9.17, 15) is 0 Å². The van der Waals surface area contributed by atoms with E-state index in [1.54, 1.807) is 11.3 Å². The van der Waals surface area contributed by atoms with Crippen LogP contribution in [0.4, 0.5) is 0 Å².